The highest BCUT2D eigenvalue weighted by Crippen LogP contribution is 2.31. The monoisotopic (exact) mass is 417 g/mol. The van der Waals surface area contributed by atoms with Crippen molar-refractivity contribution in [1.29, 1.82) is 0 Å². The minimum atomic E-state index is -3.64. The zero-order valence-electron chi connectivity index (χ0n) is 16.8. The average molecular weight is 418 g/mol. The molecule has 2 N–H and O–H groups in total. The summed E-state index contributed by atoms with van der Waals surface area (Å²) in [6, 6.07) is 12.4. The molecule has 0 radical (unpaired) electrons. The van der Waals surface area contributed by atoms with Crippen molar-refractivity contribution in [2.45, 2.75) is 31.6 Å². The molecule has 1 saturated heterocycles. The van der Waals surface area contributed by atoms with E-state index >= 15 is 0 Å². The van der Waals surface area contributed by atoms with Crippen molar-refractivity contribution < 1.29 is 17.9 Å². The summed E-state index contributed by atoms with van der Waals surface area (Å²) in [7, 11) is -3.64. The second kappa shape index (κ2) is 9.28. The number of nitrogens with zero attached hydrogens (tertiary/aromatic N) is 1. The summed E-state index contributed by atoms with van der Waals surface area (Å²) < 4.78 is 33.1. The van der Waals surface area contributed by atoms with E-state index in [9.17, 15) is 13.2 Å². The number of aryl methyl sites for hydroxylation is 1. The van der Waals surface area contributed by atoms with Gasteiger partial charge in [0.05, 0.1) is 13.2 Å². The van der Waals surface area contributed by atoms with Gasteiger partial charge in [0.15, 0.2) is 0 Å². The van der Waals surface area contributed by atoms with Crippen LogP contribution in [0.15, 0.2) is 47.4 Å². The van der Waals surface area contributed by atoms with Crippen LogP contribution in [0, 0.1) is 6.92 Å². The summed E-state index contributed by atoms with van der Waals surface area (Å²) >= 11 is 0. The average Bonchev–Trinajstić information content (AvgIpc) is 3.25. The number of sulfonamides is 1. The van der Waals surface area contributed by atoms with Crippen molar-refractivity contribution in [1.82, 2.24) is 4.31 Å². The van der Waals surface area contributed by atoms with Gasteiger partial charge in [0, 0.05) is 24.5 Å². The highest BCUT2D eigenvalue weighted by atomic mass is 32.2. The molecular formula is C21H27N3O4S. The number of benzene rings is 2. The van der Waals surface area contributed by atoms with Crippen LogP contribution >= 0.6 is 0 Å². The normalized spacial score (nSPS) is 14.6. The fraction of sp³-hybridized carbons (Fsp3) is 0.381. The first-order chi connectivity index (χ1) is 13.9. The zero-order valence-corrected chi connectivity index (χ0v) is 17.6. The fourth-order valence-electron chi connectivity index (χ4n) is 3.25. The number of ether oxygens (including phenoxy) is 1. The van der Waals surface area contributed by atoms with E-state index in [1.54, 1.807) is 18.2 Å². The SMILES string of the molecule is CCOc1ccc(NCC(=O)Nc2ccccc2C)cc1S(=O)(=O)N1CCCC1. The number of nitrogens with one attached hydrogen (secondary N) is 2. The number of para-hydroxylation sites is 1. The summed E-state index contributed by atoms with van der Waals surface area (Å²) in [4.78, 5) is 12.4. The summed E-state index contributed by atoms with van der Waals surface area (Å²) in [5, 5.41) is 5.86. The van der Waals surface area contributed by atoms with Crippen molar-refractivity contribution in [2.75, 3.05) is 36.9 Å². The molecule has 156 valence electrons. The molecule has 0 aliphatic carbocycles. The highest BCUT2D eigenvalue weighted by molar-refractivity contribution is 7.89. The van der Waals surface area contributed by atoms with Gasteiger partial charge in [-0.05, 0) is 56.5 Å². The van der Waals surface area contributed by atoms with Gasteiger partial charge in [0.2, 0.25) is 15.9 Å². The molecule has 7 nitrogen and oxygen atoms in total. The van der Waals surface area contributed by atoms with Gasteiger partial charge in [0.1, 0.15) is 10.6 Å². The third-order valence-corrected chi connectivity index (χ3v) is 6.72. The van der Waals surface area contributed by atoms with E-state index in [1.807, 2.05) is 38.1 Å². The van der Waals surface area contributed by atoms with Crippen LogP contribution in [0.2, 0.25) is 0 Å². The maximum atomic E-state index is 13.0. The molecule has 2 aromatic rings. The smallest absolute Gasteiger partial charge is 0.246 e. The quantitative estimate of drug-likeness (QED) is 0.689. The van der Waals surface area contributed by atoms with Gasteiger partial charge >= 0.3 is 0 Å². The Morgan fingerprint density at radius 3 is 2.55 bits per heavy atom. The van der Waals surface area contributed by atoms with Crippen LogP contribution in [-0.4, -0.2) is 44.9 Å². The number of hydrogen-bond donors (Lipinski definition) is 2. The number of rotatable bonds is 8. The molecule has 1 heterocycles. The van der Waals surface area contributed by atoms with Gasteiger partial charge in [-0.25, -0.2) is 8.42 Å². The molecule has 1 aliphatic rings. The molecule has 1 aliphatic heterocycles. The number of hydrogen-bond acceptors (Lipinski definition) is 5. The second-order valence-corrected chi connectivity index (χ2v) is 8.83. The minimum absolute atomic E-state index is 0.0194. The Hall–Kier alpha value is -2.58. The number of anilines is 2. The molecule has 0 saturated carbocycles. The van der Waals surface area contributed by atoms with Gasteiger partial charge in [-0.15, -0.1) is 0 Å². The van der Waals surface area contributed by atoms with Gasteiger partial charge in [-0.2, -0.15) is 4.31 Å². The van der Waals surface area contributed by atoms with Crippen LogP contribution < -0.4 is 15.4 Å². The maximum Gasteiger partial charge on any atom is 0.246 e. The lowest BCUT2D eigenvalue weighted by Gasteiger charge is -2.19. The first-order valence-corrected chi connectivity index (χ1v) is 11.2. The summed E-state index contributed by atoms with van der Waals surface area (Å²) in [5.41, 5.74) is 2.27. The van der Waals surface area contributed by atoms with Crippen molar-refractivity contribution in [3.8, 4) is 5.75 Å². The van der Waals surface area contributed by atoms with Crippen molar-refractivity contribution in [3.05, 3.63) is 48.0 Å². The molecular weight excluding hydrogens is 390 g/mol. The number of amides is 1. The predicted molar refractivity (Wildman–Crippen MR) is 114 cm³/mol. The Bertz CT molecular complexity index is 970. The summed E-state index contributed by atoms with van der Waals surface area (Å²) in [6.07, 6.45) is 1.72. The van der Waals surface area contributed by atoms with Crippen molar-refractivity contribution in [2.24, 2.45) is 0 Å². The molecule has 3 rings (SSSR count). The van der Waals surface area contributed by atoms with E-state index < -0.39 is 10.0 Å². The molecule has 0 atom stereocenters. The number of carbonyl (C=O) groups is 1. The lowest BCUT2D eigenvalue weighted by atomic mass is 10.2. The van der Waals surface area contributed by atoms with E-state index in [2.05, 4.69) is 10.6 Å². The molecule has 0 bridgehead atoms. The van der Waals surface area contributed by atoms with E-state index in [1.165, 1.54) is 4.31 Å². The molecule has 0 aromatic heterocycles. The van der Waals surface area contributed by atoms with Gasteiger partial charge < -0.3 is 15.4 Å². The van der Waals surface area contributed by atoms with Crippen LogP contribution in [-0.2, 0) is 14.8 Å². The van der Waals surface area contributed by atoms with Crippen LogP contribution in [0.1, 0.15) is 25.3 Å². The topological polar surface area (TPSA) is 87.7 Å². The lowest BCUT2D eigenvalue weighted by Crippen LogP contribution is -2.28. The zero-order chi connectivity index (χ0) is 20.9. The molecule has 8 heteroatoms. The fourth-order valence-corrected chi connectivity index (χ4v) is 4.93. The first kappa shape index (κ1) is 21.1. The second-order valence-electron chi connectivity index (χ2n) is 6.92. The predicted octanol–water partition coefficient (Wildman–Crippen LogP) is 3.23. The Balaban J connectivity index is 1.74. The largest absolute Gasteiger partial charge is 0.492 e. The van der Waals surface area contributed by atoms with E-state index in [0.717, 1.165) is 24.1 Å². The lowest BCUT2D eigenvalue weighted by molar-refractivity contribution is -0.114. The van der Waals surface area contributed by atoms with Gasteiger partial charge in [0.25, 0.3) is 0 Å². The molecule has 0 spiro atoms. The number of carbonyl (C=O) groups excluding carboxylic acids is 1. The van der Waals surface area contributed by atoms with E-state index in [4.69, 9.17) is 4.74 Å². The molecule has 29 heavy (non-hydrogen) atoms. The van der Waals surface area contributed by atoms with Crippen LogP contribution in [0.3, 0.4) is 0 Å². The highest BCUT2D eigenvalue weighted by Gasteiger charge is 2.30. The molecule has 1 fully saturated rings. The van der Waals surface area contributed by atoms with E-state index in [0.29, 0.717) is 31.1 Å². The van der Waals surface area contributed by atoms with Crippen molar-refractivity contribution in [3.63, 3.8) is 0 Å². The van der Waals surface area contributed by atoms with Crippen LogP contribution in [0.4, 0.5) is 11.4 Å². The third-order valence-electron chi connectivity index (χ3n) is 4.80. The maximum absolute atomic E-state index is 13.0. The Kier molecular flexibility index (Phi) is 6.76. The first-order valence-electron chi connectivity index (χ1n) is 9.78. The van der Waals surface area contributed by atoms with Gasteiger partial charge in [-0.3, -0.25) is 4.79 Å². The minimum Gasteiger partial charge on any atom is -0.492 e. The Morgan fingerprint density at radius 2 is 1.86 bits per heavy atom. The van der Waals surface area contributed by atoms with E-state index in [-0.39, 0.29) is 17.3 Å². The Morgan fingerprint density at radius 1 is 1.14 bits per heavy atom. The van der Waals surface area contributed by atoms with Gasteiger partial charge in [-0.1, -0.05) is 18.2 Å². The molecule has 1 amide bonds. The standard InChI is InChI=1S/C21H27N3O4S/c1-3-28-19-11-10-17(14-20(19)29(26,27)24-12-6-7-13-24)22-15-21(25)23-18-9-5-4-8-16(18)2/h4-5,8-11,14,22H,3,6-7,12-13,15H2,1-2H3,(H,23,25). The summed E-state index contributed by atoms with van der Waals surface area (Å²) in [5.74, 6) is 0.117. The third kappa shape index (κ3) is 5.07. The van der Waals surface area contributed by atoms with Crippen LogP contribution in [0.5, 0.6) is 5.75 Å². The molecule has 0 unspecified atom stereocenters. The van der Waals surface area contributed by atoms with Crippen LogP contribution in [0.25, 0.3) is 0 Å². The van der Waals surface area contributed by atoms with Crippen molar-refractivity contribution >= 4 is 27.3 Å². The summed E-state index contributed by atoms with van der Waals surface area (Å²) in [6.45, 7) is 5.16. The molecule has 2 aromatic carbocycles. The Labute approximate surface area is 172 Å².